The monoisotopic (exact) mass is 334 g/mol. The Labute approximate surface area is 137 Å². The average molecular weight is 334 g/mol. The summed E-state index contributed by atoms with van der Waals surface area (Å²) in [5.74, 6) is -0.357. The van der Waals surface area contributed by atoms with Crippen LogP contribution in [0.5, 0.6) is 0 Å². The summed E-state index contributed by atoms with van der Waals surface area (Å²) in [4.78, 5) is 12.1. The van der Waals surface area contributed by atoms with Crippen molar-refractivity contribution in [1.82, 2.24) is 4.31 Å². The molecule has 0 spiro atoms. The van der Waals surface area contributed by atoms with Gasteiger partial charge in [0.15, 0.2) is 0 Å². The van der Waals surface area contributed by atoms with Crippen LogP contribution in [0.2, 0.25) is 0 Å². The van der Waals surface area contributed by atoms with Gasteiger partial charge in [0.25, 0.3) is 0 Å². The molecule has 0 unspecified atom stereocenters. The molecule has 23 heavy (non-hydrogen) atoms. The van der Waals surface area contributed by atoms with Gasteiger partial charge in [-0.3, -0.25) is 4.79 Å². The van der Waals surface area contributed by atoms with E-state index in [1.54, 1.807) is 36.4 Å². The molecule has 1 aliphatic rings. The SMILES string of the molecule is C/C=C/C=C/C(=O)Nc1ccccc1S(=O)(=O)N1CCCCC1. The second kappa shape index (κ2) is 8.08. The topological polar surface area (TPSA) is 66.5 Å². The molecule has 1 N–H and O–H groups in total. The molecule has 1 saturated heterocycles. The van der Waals surface area contributed by atoms with E-state index in [9.17, 15) is 13.2 Å². The number of piperidine rings is 1. The van der Waals surface area contributed by atoms with Crippen molar-refractivity contribution in [3.8, 4) is 0 Å². The lowest BCUT2D eigenvalue weighted by Crippen LogP contribution is -2.36. The van der Waals surface area contributed by atoms with Crippen molar-refractivity contribution < 1.29 is 13.2 Å². The second-order valence-electron chi connectivity index (χ2n) is 5.34. The molecular weight excluding hydrogens is 312 g/mol. The molecule has 0 atom stereocenters. The molecule has 1 aromatic carbocycles. The number of para-hydroxylation sites is 1. The first-order valence-corrected chi connectivity index (χ1v) is 9.19. The van der Waals surface area contributed by atoms with Crippen LogP contribution >= 0.6 is 0 Å². The number of anilines is 1. The van der Waals surface area contributed by atoms with Crippen molar-refractivity contribution in [3.05, 3.63) is 48.6 Å². The van der Waals surface area contributed by atoms with E-state index in [0.717, 1.165) is 19.3 Å². The maximum Gasteiger partial charge on any atom is 0.248 e. The molecule has 1 amide bonds. The van der Waals surface area contributed by atoms with Crippen molar-refractivity contribution in [2.45, 2.75) is 31.1 Å². The summed E-state index contributed by atoms with van der Waals surface area (Å²) in [5.41, 5.74) is 0.313. The zero-order valence-electron chi connectivity index (χ0n) is 13.2. The zero-order valence-corrected chi connectivity index (χ0v) is 14.1. The summed E-state index contributed by atoms with van der Waals surface area (Å²) in [6, 6.07) is 6.52. The van der Waals surface area contributed by atoms with E-state index >= 15 is 0 Å². The van der Waals surface area contributed by atoms with Crippen molar-refractivity contribution in [3.63, 3.8) is 0 Å². The lowest BCUT2D eigenvalue weighted by molar-refractivity contribution is -0.111. The van der Waals surface area contributed by atoms with Gasteiger partial charge in [0.05, 0.1) is 5.69 Å². The van der Waals surface area contributed by atoms with Gasteiger partial charge in [-0.05, 0) is 31.9 Å². The Morgan fingerprint density at radius 1 is 1.13 bits per heavy atom. The Morgan fingerprint density at radius 2 is 1.83 bits per heavy atom. The number of carbonyl (C=O) groups excluding carboxylic acids is 1. The van der Waals surface area contributed by atoms with Gasteiger partial charge >= 0.3 is 0 Å². The van der Waals surface area contributed by atoms with Gasteiger partial charge < -0.3 is 5.32 Å². The number of benzene rings is 1. The minimum Gasteiger partial charge on any atom is -0.321 e. The number of rotatable bonds is 5. The molecule has 1 aliphatic heterocycles. The van der Waals surface area contributed by atoms with Crippen LogP contribution in [0.25, 0.3) is 0 Å². The molecule has 2 rings (SSSR count). The average Bonchev–Trinajstić information content (AvgIpc) is 2.56. The van der Waals surface area contributed by atoms with Crippen molar-refractivity contribution >= 4 is 21.6 Å². The third kappa shape index (κ3) is 4.53. The summed E-state index contributed by atoms with van der Waals surface area (Å²) in [6.45, 7) is 2.92. The predicted molar refractivity (Wildman–Crippen MR) is 91.6 cm³/mol. The Bertz CT molecular complexity index is 702. The van der Waals surface area contributed by atoms with E-state index in [2.05, 4.69) is 5.32 Å². The van der Waals surface area contributed by atoms with Crippen molar-refractivity contribution in [1.29, 1.82) is 0 Å². The highest BCUT2D eigenvalue weighted by molar-refractivity contribution is 7.89. The first-order valence-electron chi connectivity index (χ1n) is 7.75. The quantitative estimate of drug-likeness (QED) is 0.665. The van der Waals surface area contributed by atoms with E-state index < -0.39 is 10.0 Å². The molecular formula is C17H22N2O3S. The normalized spacial score (nSPS) is 16.9. The molecule has 1 fully saturated rings. The van der Waals surface area contributed by atoms with Gasteiger partial charge in [0.2, 0.25) is 15.9 Å². The van der Waals surface area contributed by atoms with Gasteiger partial charge in [-0.2, -0.15) is 4.31 Å². The van der Waals surface area contributed by atoms with E-state index in [-0.39, 0.29) is 10.8 Å². The minimum absolute atomic E-state index is 0.148. The maximum atomic E-state index is 12.8. The molecule has 0 saturated carbocycles. The van der Waals surface area contributed by atoms with Crippen LogP contribution in [-0.4, -0.2) is 31.7 Å². The van der Waals surface area contributed by atoms with Crippen molar-refractivity contribution in [2.24, 2.45) is 0 Å². The van der Waals surface area contributed by atoms with Gasteiger partial charge in [-0.25, -0.2) is 8.42 Å². The smallest absolute Gasteiger partial charge is 0.248 e. The number of nitrogens with one attached hydrogen (secondary N) is 1. The van der Waals surface area contributed by atoms with E-state index in [1.807, 2.05) is 6.92 Å². The number of hydrogen-bond donors (Lipinski definition) is 1. The van der Waals surface area contributed by atoms with Gasteiger partial charge in [-0.1, -0.05) is 36.8 Å². The molecule has 5 nitrogen and oxygen atoms in total. The standard InChI is InChI=1S/C17H22N2O3S/c1-2-3-5-12-17(20)18-15-10-6-7-11-16(15)23(21,22)19-13-8-4-9-14-19/h2-3,5-7,10-12H,4,8-9,13-14H2,1H3,(H,18,20)/b3-2+,12-5+. The fourth-order valence-electron chi connectivity index (χ4n) is 2.47. The fourth-order valence-corrected chi connectivity index (χ4v) is 4.13. The summed E-state index contributed by atoms with van der Waals surface area (Å²) in [5, 5.41) is 2.65. The molecule has 0 radical (unpaired) electrons. The van der Waals surface area contributed by atoms with Crippen LogP contribution in [-0.2, 0) is 14.8 Å². The molecule has 0 aromatic heterocycles. The van der Waals surface area contributed by atoms with Gasteiger partial charge in [0.1, 0.15) is 4.90 Å². The fraction of sp³-hybridized carbons (Fsp3) is 0.353. The van der Waals surface area contributed by atoms with Crippen LogP contribution in [0.1, 0.15) is 26.2 Å². The first-order chi connectivity index (χ1) is 11.1. The molecule has 0 aliphatic carbocycles. The molecule has 124 valence electrons. The zero-order chi connectivity index (χ0) is 16.7. The maximum absolute atomic E-state index is 12.8. The Hall–Kier alpha value is -1.92. The summed E-state index contributed by atoms with van der Waals surface area (Å²) in [7, 11) is -3.58. The molecule has 1 heterocycles. The molecule has 0 bridgehead atoms. The van der Waals surface area contributed by atoms with Gasteiger partial charge in [0, 0.05) is 19.2 Å². The third-order valence-corrected chi connectivity index (χ3v) is 5.59. The third-order valence-electron chi connectivity index (χ3n) is 3.63. The first kappa shape index (κ1) is 17.4. The van der Waals surface area contributed by atoms with E-state index in [1.165, 1.54) is 16.4 Å². The number of nitrogens with zero attached hydrogens (tertiary/aromatic N) is 1. The van der Waals surface area contributed by atoms with Gasteiger partial charge in [-0.15, -0.1) is 0 Å². The summed E-state index contributed by atoms with van der Waals surface area (Å²) >= 11 is 0. The van der Waals surface area contributed by atoms with Crippen molar-refractivity contribution in [2.75, 3.05) is 18.4 Å². The number of sulfonamides is 1. The number of amides is 1. The molecule has 6 heteroatoms. The molecule has 1 aromatic rings. The Kier molecular flexibility index (Phi) is 6.12. The van der Waals surface area contributed by atoms with E-state index in [0.29, 0.717) is 18.8 Å². The lowest BCUT2D eigenvalue weighted by Gasteiger charge is -2.26. The van der Waals surface area contributed by atoms with Crippen LogP contribution in [0, 0.1) is 0 Å². The predicted octanol–water partition coefficient (Wildman–Crippen LogP) is 2.93. The second-order valence-corrected chi connectivity index (χ2v) is 7.24. The van der Waals surface area contributed by atoms with E-state index in [4.69, 9.17) is 0 Å². The number of hydrogen-bond acceptors (Lipinski definition) is 3. The lowest BCUT2D eigenvalue weighted by atomic mass is 10.2. The van der Waals surface area contributed by atoms with Crippen LogP contribution in [0.3, 0.4) is 0 Å². The van der Waals surface area contributed by atoms with Crippen LogP contribution in [0.4, 0.5) is 5.69 Å². The van der Waals surface area contributed by atoms with Crippen LogP contribution in [0.15, 0.2) is 53.5 Å². The highest BCUT2D eigenvalue weighted by atomic mass is 32.2. The summed E-state index contributed by atoms with van der Waals surface area (Å²) in [6.07, 6.45) is 9.32. The van der Waals surface area contributed by atoms with Crippen LogP contribution < -0.4 is 5.32 Å². The minimum atomic E-state index is -3.58. The summed E-state index contributed by atoms with van der Waals surface area (Å²) < 4.78 is 27.1. The highest BCUT2D eigenvalue weighted by Gasteiger charge is 2.28. The highest BCUT2D eigenvalue weighted by Crippen LogP contribution is 2.26. The Balaban J connectivity index is 2.24. The number of allylic oxidation sites excluding steroid dienone is 3. The Morgan fingerprint density at radius 3 is 2.52 bits per heavy atom. The largest absolute Gasteiger partial charge is 0.321 e. The number of carbonyl (C=O) groups is 1.